The fraction of sp³-hybridized carbons (Fsp3) is 0.353. The van der Waals surface area contributed by atoms with Gasteiger partial charge in [0.15, 0.2) is 5.58 Å². The van der Waals surface area contributed by atoms with Gasteiger partial charge in [0, 0.05) is 57.6 Å². The normalized spacial score (nSPS) is 15.0. The molecule has 0 spiro atoms. The Bertz CT molecular complexity index is 888. The smallest absolute Gasteiger partial charge is 0.298 e. The predicted molar refractivity (Wildman–Crippen MR) is 99.8 cm³/mol. The van der Waals surface area contributed by atoms with Crippen LogP contribution in [-0.4, -0.2) is 55.2 Å². The van der Waals surface area contributed by atoms with Gasteiger partial charge in [0.05, 0.1) is 0 Å². The Labute approximate surface area is 150 Å². The number of aromatic nitrogens is 3. The summed E-state index contributed by atoms with van der Waals surface area (Å²) in [6.07, 6.45) is 1.80. The summed E-state index contributed by atoms with van der Waals surface area (Å²) in [5.74, 6) is 1.67. The second-order valence-corrected chi connectivity index (χ2v) is 6.63. The van der Waals surface area contributed by atoms with E-state index in [2.05, 4.69) is 24.8 Å². The Hall–Kier alpha value is -2.54. The largest absolute Gasteiger partial charge is 0.423 e. The van der Waals surface area contributed by atoms with E-state index in [0.29, 0.717) is 11.0 Å². The summed E-state index contributed by atoms with van der Waals surface area (Å²) in [6.45, 7) is 3.34. The van der Waals surface area contributed by atoms with Gasteiger partial charge in [-0.15, -0.1) is 0 Å². The van der Waals surface area contributed by atoms with Gasteiger partial charge in [-0.25, -0.2) is 4.98 Å². The minimum atomic E-state index is 0.647. The van der Waals surface area contributed by atoms with Gasteiger partial charge in [-0.1, -0.05) is 11.6 Å². The Morgan fingerprint density at radius 3 is 2.56 bits per heavy atom. The summed E-state index contributed by atoms with van der Waals surface area (Å²) < 4.78 is 5.86. The van der Waals surface area contributed by atoms with Crippen molar-refractivity contribution < 1.29 is 4.42 Å². The van der Waals surface area contributed by atoms with Crippen LogP contribution in [0.4, 0.5) is 17.8 Å². The van der Waals surface area contributed by atoms with Crippen LogP contribution in [0.25, 0.3) is 11.1 Å². The molecular weight excluding hydrogens is 340 g/mol. The molecule has 0 unspecified atom stereocenters. The molecule has 0 atom stereocenters. The number of rotatable bonds is 3. The van der Waals surface area contributed by atoms with Crippen molar-refractivity contribution in [3.8, 4) is 0 Å². The Kier molecular flexibility index (Phi) is 4.09. The SMILES string of the molecule is CN(C)c1nccc(N2CCN(c3nc4ccc(Cl)cc4o3)CC2)n1. The molecule has 0 saturated carbocycles. The monoisotopic (exact) mass is 358 g/mol. The molecule has 3 heterocycles. The molecule has 0 amide bonds. The standard InChI is InChI=1S/C17H19ClN6O/c1-22(2)16-19-6-5-15(21-16)23-7-9-24(10-8-23)17-20-13-4-3-12(18)11-14(13)25-17/h3-6,11H,7-10H2,1-2H3. The van der Waals surface area contributed by atoms with Crippen molar-refractivity contribution in [3.05, 3.63) is 35.5 Å². The molecule has 1 aliphatic heterocycles. The number of fused-ring (bicyclic) bond motifs is 1. The maximum atomic E-state index is 6.01. The number of hydrogen-bond donors (Lipinski definition) is 0. The van der Waals surface area contributed by atoms with Gasteiger partial charge in [0.25, 0.3) is 6.01 Å². The van der Waals surface area contributed by atoms with Crippen molar-refractivity contribution in [2.45, 2.75) is 0 Å². The van der Waals surface area contributed by atoms with Crippen LogP contribution in [0.2, 0.25) is 5.02 Å². The van der Waals surface area contributed by atoms with Crippen LogP contribution in [0.5, 0.6) is 0 Å². The first-order valence-electron chi connectivity index (χ1n) is 8.16. The van der Waals surface area contributed by atoms with Gasteiger partial charge in [0.1, 0.15) is 11.3 Å². The molecule has 25 heavy (non-hydrogen) atoms. The van der Waals surface area contributed by atoms with Crippen molar-refractivity contribution in [1.29, 1.82) is 0 Å². The number of nitrogens with zero attached hydrogens (tertiary/aromatic N) is 6. The van der Waals surface area contributed by atoms with E-state index in [0.717, 1.165) is 49.0 Å². The molecule has 2 aromatic heterocycles. The third-order valence-electron chi connectivity index (χ3n) is 4.24. The van der Waals surface area contributed by atoms with E-state index in [9.17, 15) is 0 Å². The Morgan fingerprint density at radius 2 is 1.80 bits per heavy atom. The number of halogens is 1. The van der Waals surface area contributed by atoms with E-state index >= 15 is 0 Å². The zero-order valence-corrected chi connectivity index (χ0v) is 14.9. The van der Waals surface area contributed by atoms with Crippen LogP contribution in [0, 0.1) is 0 Å². The summed E-state index contributed by atoms with van der Waals surface area (Å²) in [7, 11) is 3.88. The molecule has 0 bridgehead atoms. The van der Waals surface area contributed by atoms with E-state index in [-0.39, 0.29) is 0 Å². The fourth-order valence-electron chi connectivity index (χ4n) is 2.88. The molecule has 0 radical (unpaired) electrons. The summed E-state index contributed by atoms with van der Waals surface area (Å²) in [5.41, 5.74) is 1.55. The third kappa shape index (κ3) is 3.19. The molecule has 1 aliphatic rings. The van der Waals surface area contributed by atoms with Crippen LogP contribution in [0.3, 0.4) is 0 Å². The first kappa shape index (κ1) is 16.0. The minimum Gasteiger partial charge on any atom is -0.423 e. The Morgan fingerprint density at radius 1 is 1.04 bits per heavy atom. The van der Waals surface area contributed by atoms with Crippen molar-refractivity contribution in [1.82, 2.24) is 15.0 Å². The number of oxazole rings is 1. The first-order chi connectivity index (χ1) is 12.1. The van der Waals surface area contributed by atoms with Crippen LogP contribution >= 0.6 is 11.6 Å². The molecular formula is C17H19ClN6O. The topological polar surface area (TPSA) is 61.5 Å². The number of benzene rings is 1. The molecule has 0 N–H and O–H groups in total. The zero-order chi connectivity index (χ0) is 17.4. The lowest BCUT2D eigenvalue weighted by atomic mass is 10.3. The van der Waals surface area contributed by atoms with E-state index in [4.69, 9.17) is 16.0 Å². The summed E-state index contributed by atoms with van der Waals surface area (Å²) in [5, 5.41) is 0.653. The number of piperazine rings is 1. The van der Waals surface area contributed by atoms with Gasteiger partial charge in [-0.3, -0.25) is 0 Å². The molecule has 7 nitrogen and oxygen atoms in total. The minimum absolute atomic E-state index is 0.647. The average Bonchev–Trinajstić information content (AvgIpc) is 3.05. The third-order valence-corrected chi connectivity index (χ3v) is 4.48. The first-order valence-corrected chi connectivity index (χ1v) is 8.54. The molecule has 0 aliphatic carbocycles. The van der Waals surface area contributed by atoms with Crippen LogP contribution in [0.15, 0.2) is 34.9 Å². The highest BCUT2D eigenvalue weighted by atomic mass is 35.5. The average molecular weight is 359 g/mol. The maximum absolute atomic E-state index is 6.01. The van der Waals surface area contributed by atoms with E-state index in [1.165, 1.54) is 0 Å². The molecule has 3 aromatic rings. The van der Waals surface area contributed by atoms with Gasteiger partial charge < -0.3 is 19.1 Å². The van der Waals surface area contributed by atoms with E-state index in [1.54, 1.807) is 12.3 Å². The van der Waals surface area contributed by atoms with Gasteiger partial charge >= 0.3 is 0 Å². The van der Waals surface area contributed by atoms with E-state index in [1.807, 2.05) is 37.2 Å². The van der Waals surface area contributed by atoms with E-state index < -0.39 is 0 Å². The van der Waals surface area contributed by atoms with Crippen molar-refractivity contribution >= 4 is 40.5 Å². The predicted octanol–water partition coefficient (Wildman–Crippen LogP) is 2.66. The highest BCUT2D eigenvalue weighted by molar-refractivity contribution is 6.31. The second kappa shape index (κ2) is 6.40. The maximum Gasteiger partial charge on any atom is 0.298 e. The lowest BCUT2D eigenvalue weighted by Gasteiger charge is -2.34. The van der Waals surface area contributed by atoms with Crippen molar-refractivity contribution in [2.75, 3.05) is 55.0 Å². The van der Waals surface area contributed by atoms with Gasteiger partial charge in [-0.2, -0.15) is 9.97 Å². The zero-order valence-electron chi connectivity index (χ0n) is 14.2. The highest BCUT2D eigenvalue weighted by Gasteiger charge is 2.22. The van der Waals surface area contributed by atoms with Crippen LogP contribution in [0.1, 0.15) is 0 Å². The molecule has 4 rings (SSSR count). The molecule has 130 valence electrons. The van der Waals surface area contributed by atoms with Crippen molar-refractivity contribution in [2.24, 2.45) is 0 Å². The van der Waals surface area contributed by atoms with Crippen LogP contribution < -0.4 is 14.7 Å². The lowest BCUT2D eigenvalue weighted by Crippen LogP contribution is -2.47. The molecule has 8 heteroatoms. The van der Waals surface area contributed by atoms with Gasteiger partial charge in [-0.05, 0) is 18.2 Å². The summed E-state index contributed by atoms with van der Waals surface area (Å²) in [4.78, 5) is 19.8. The van der Waals surface area contributed by atoms with Gasteiger partial charge in [0.2, 0.25) is 5.95 Å². The number of anilines is 3. The Balaban J connectivity index is 1.48. The number of hydrogen-bond acceptors (Lipinski definition) is 7. The quantitative estimate of drug-likeness (QED) is 0.713. The highest BCUT2D eigenvalue weighted by Crippen LogP contribution is 2.26. The molecule has 1 aromatic carbocycles. The summed E-state index contributed by atoms with van der Waals surface area (Å²) in [6, 6.07) is 8.10. The second-order valence-electron chi connectivity index (χ2n) is 6.19. The molecule has 1 saturated heterocycles. The lowest BCUT2D eigenvalue weighted by molar-refractivity contribution is 0.540. The fourth-order valence-corrected chi connectivity index (χ4v) is 3.04. The summed E-state index contributed by atoms with van der Waals surface area (Å²) >= 11 is 6.01. The van der Waals surface area contributed by atoms with Crippen molar-refractivity contribution in [3.63, 3.8) is 0 Å². The molecule has 1 fully saturated rings. The van der Waals surface area contributed by atoms with Crippen LogP contribution in [-0.2, 0) is 0 Å².